The highest BCUT2D eigenvalue weighted by Crippen LogP contribution is 2.38. The summed E-state index contributed by atoms with van der Waals surface area (Å²) < 4.78 is 8.19. The number of hydrogen-bond donors (Lipinski definition) is 1. The van der Waals surface area contributed by atoms with Gasteiger partial charge in [0.05, 0.1) is 44.8 Å². The Morgan fingerprint density at radius 3 is 2.75 bits per heavy atom. The van der Waals surface area contributed by atoms with Gasteiger partial charge in [-0.05, 0) is 13.1 Å². The van der Waals surface area contributed by atoms with Gasteiger partial charge in [-0.2, -0.15) is 5.10 Å². The molecular weight excluding hydrogens is 341 g/mol. The van der Waals surface area contributed by atoms with Crippen LogP contribution in [0.2, 0.25) is 13.7 Å². The van der Waals surface area contributed by atoms with E-state index in [1.807, 2.05) is 17.8 Å². The molecule has 8 heteroatoms. The van der Waals surface area contributed by atoms with Crippen LogP contribution in [0.15, 0.2) is 12.3 Å². The zero-order valence-electron chi connectivity index (χ0n) is 11.0. The van der Waals surface area contributed by atoms with Gasteiger partial charge in [0.1, 0.15) is 0 Å². The first kappa shape index (κ1) is 16.1. The molecule has 0 saturated heterocycles. The van der Waals surface area contributed by atoms with E-state index in [1.54, 1.807) is 13.3 Å². The Kier molecular flexibility index (Phi) is 5.72. The zero-order chi connectivity index (χ0) is 14.7. The van der Waals surface area contributed by atoms with Crippen molar-refractivity contribution in [2.24, 2.45) is 0 Å². The van der Waals surface area contributed by atoms with Gasteiger partial charge in [-0.25, -0.2) is 0 Å². The van der Waals surface area contributed by atoms with Crippen molar-refractivity contribution in [3.05, 3.63) is 37.2 Å². The number of ether oxygens (including phenoxy) is 1. The summed E-state index contributed by atoms with van der Waals surface area (Å²) in [5, 5.41) is 8.07. The van der Waals surface area contributed by atoms with E-state index in [9.17, 15) is 0 Å². The van der Waals surface area contributed by atoms with Crippen LogP contribution < -0.4 is 5.32 Å². The topological polar surface area (TPSA) is 39.1 Å². The first-order chi connectivity index (χ1) is 9.58. The Bertz CT molecular complexity index is 585. The first-order valence-electron chi connectivity index (χ1n) is 5.90. The molecule has 0 aliphatic carbocycles. The van der Waals surface area contributed by atoms with Crippen molar-refractivity contribution in [2.75, 3.05) is 20.8 Å². The fraction of sp³-hybridized carbons (Fsp3) is 0.417. The second-order valence-corrected chi connectivity index (χ2v) is 6.79. The average Bonchev–Trinajstić information content (AvgIpc) is 2.93. The molecule has 2 aromatic heterocycles. The molecule has 0 radical (unpaired) electrons. The third-order valence-electron chi connectivity index (χ3n) is 2.90. The summed E-state index contributed by atoms with van der Waals surface area (Å²) in [6, 6.07) is 1.68. The molecule has 0 fully saturated rings. The quantitative estimate of drug-likeness (QED) is 0.856. The molecule has 2 heterocycles. The molecule has 0 amide bonds. The first-order valence-corrected chi connectivity index (χ1v) is 7.85. The number of halogens is 3. The van der Waals surface area contributed by atoms with Gasteiger partial charge >= 0.3 is 0 Å². The highest BCUT2D eigenvalue weighted by atomic mass is 35.5. The van der Waals surface area contributed by atoms with Gasteiger partial charge in [-0.1, -0.05) is 34.8 Å². The van der Waals surface area contributed by atoms with E-state index in [1.165, 1.54) is 11.3 Å². The van der Waals surface area contributed by atoms with Crippen LogP contribution in [-0.2, 0) is 11.3 Å². The lowest BCUT2D eigenvalue weighted by molar-refractivity contribution is 0.182. The van der Waals surface area contributed by atoms with Crippen LogP contribution in [0.25, 0.3) is 0 Å². The van der Waals surface area contributed by atoms with E-state index in [4.69, 9.17) is 39.5 Å². The maximum atomic E-state index is 6.27. The number of methoxy groups -OCH3 is 1. The van der Waals surface area contributed by atoms with Crippen molar-refractivity contribution in [3.63, 3.8) is 0 Å². The molecule has 1 unspecified atom stereocenters. The minimum Gasteiger partial charge on any atom is -0.383 e. The summed E-state index contributed by atoms with van der Waals surface area (Å²) in [5.74, 6) is 0. The Labute approximate surface area is 136 Å². The lowest BCUT2D eigenvalue weighted by atomic mass is 10.1. The molecule has 0 aliphatic rings. The zero-order valence-corrected chi connectivity index (χ0v) is 14.1. The van der Waals surface area contributed by atoms with Crippen molar-refractivity contribution in [1.29, 1.82) is 0 Å². The van der Waals surface area contributed by atoms with Gasteiger partial charge in [-0.3, -0.25) is 4.68 Å². The number of nitrogens with one attached hydrogen (secondary N) is 1. The van der Waals surface area contributed by atoms with Crippen molar-refractivity contribution in [3.8, 4) is 0 Å². The molecule has 4 nitrogen and oxygen atoms in total. The third kappa shape index (κ3) is 3.30. The van der Waals surface area contributed by atoms with E-state index < -0.39 is 0 Å². The van der Waals surface area contributed by atoms with Crippen LogP contribution in [0.5, 0.6) is 0 Å². The highest BCUT2D eigenvalue weighted by molar-refractivity contribution is 7.20. The summed E-state index contributed by atoms with van der Waals surface area (Å²) in [6.45, 7) is 1.17. The van der Waals surface area contributed by atoms with Crippen LogP contribution in [0.3, 0.4) is 0 Å². The monoisotopic (exact) mass is 353 g/mol. The molecule has 110 valence electrons. The minimum atomic E-state index is -0.168. The smallest absolute Gasteiger partial charge is 0.0996 e. The van der Waals surface area contributed by atoms with E-state index in [0.717, 1.165) is 11.3 Å². The lowest BCUT2D eigenvalue weighted by Gasteiger charge is -2.18. The molecule has 2 rings (SSSR count). The number of aromatic nitrogens is 2. The third-order valence-corrected chi connectivity index (χ3v) is 4.71. The standard InChI is InChI=1S/C12H14Cl3N3OS/c1-16-10(7-5-9(14)20-12(7)15)11-8(13)6-17-18(11)3-4-19-2/h5-6,10,16H,3-4H2,1-2H3. The molecule has 1 atom stereocenters. The molecular formula is C12H14Cl3N3OS. The molecule has 0 saturated carbocycles. The van der Waals surface area contributed by atoms with Gasteiger partial charge in [0.15, 0.2) is 0 Å². The van der Waals surface area contributed by atoms with Crippen LogP contribution in [0.1, 0.15) is 17.3 Å². The van der Waals surface area contributed by atoms with Crippen molar-refractivity contribution in [1.82, 2.24) is 15.1 Å². The Morgan fingerprint density at radius 2 is 2.20 bits per heavy atom. The highest BCUT2D eigenvalue weighted by Gasteiger charge is 2.24. The van der Waals surface area contributed by atoms with Gasteiger partial charge < -0.3 is 10.1 Å². The van der Waals surface area contributed by atoms with Crippen LogP contribution in [0.4, 0.5) is 0 Å². The summed E-state index contributed by atoms with van der Waals surface area (Å²) >= 11 is 19.9. The van der Waals surface area contributed by atoms with E-state index in [2.05, 4.69) is 10.4 Å². The molecule has 20 heavy (non-hydrogen) atoms. The molecule has 0 aromatic carbocycles. The maximum absolute atomic E-state index is 6.27. The van der Waals surface area contributed by atoms with Crippen molar-refractivity contribution >= 4 is 46.1 Å². The summed E-state index contributed by atoms with van der Waals surface area (Å²) in [7, 11) is 3.49. The molecule has 0 spiro atoms. The van der Waals surface area contributed by atoms with Crippen molar-refractivity contribution in [2.45, 2.75) is 12.6 Å². The van der Waals surface area contributed by atoms with Crippen LogP contribution >= 0.6 is 46.1 Å². The summed E-state index contributed by atoms with van der Waals surface area (Å²) in [6.07, 6.45) is 1.62. The van der Waals surface area contributed by atoms with Crippen LogP contribution in [0, 0.1) is 0 Å². The second-order valence-electron chi connectivity index (χ2n) is 4.09. The number of hydrogen-bond acceptors (Lipinski definition) is 4. The summed E-state index contributed by atoms with van der Waals surface area (Å²) in [4.78, 5) is 0. The van der Waals surface area contributed by atoms with E-state index >= 15 is 0 Å². The molecule has 1 N–H and O–H groups in total. The largest absolute Gasteiger partial charge is 0.383 e. The van der Waals surface area contributed by atoms with Gasteiger partial charge in [0.25, 0.3) is 0 Å². The lowest BCUT2D eigenvalue weighted by Crippen LogP contribution is -2.22. The van der Waals surface area contributed by atoms with E-state index in [-0.39, 0.29) is 6.04 Å². The van der Waals surface area contributed by atoms with Crippen LogP contribution in [-0.4, -0.2) is 30.5 Å². The van der Waals surface area contributed by atoms with Gasteiger partial charge in [-0.15, -0.1) is 11.3 Å². The Morgan fingerprint density at radius 1 is 1.45 bits per heavy atom. The predicted octanol–water partition coefficient (Wildman–Crippen LogP) is 3.86. The van der Waals surface area contributed by atoms with Gasteiger partial charge in [0.2, 0.25) is 0 Å². The number of nitrogens with zero attached hydrogens (tertiary/aromatic N) is 2. The maximum Gasteiger partial charge on any atom is 0.0996 e. The fourth-order valence-electron chi connectivity index (χ4n) is 2.00. The number of thiophene rings is 1. The second kappa shape index (κ2) is 7.11. The SMILES string of the molecule is CNC(c1cc(Cl)sc1Cl)c1c(Cl)cnn1CCOC. The summed E-state index contributed by atoms with van der Waals surface area (Å²) in [5.41, 5.74) is 1.74. The fourth-order valence-corrected chi connectivity index (χ4v) is 3.79. The minimum absolute atomic E-state index is 0.168. The van der Waals surface area contributed by atoms with Gasteiger partial charge in [0, 0.05) is 12.7 Å². The Hall–Kier alpha value is -0.300. The number of rotatable bonds is 6. The van der Waals surface area contributed by atoms with E-state index in [0.29, 0.717) is 26.8 Å². The normalized spacial score (nSPS) is 12.8. The van der Waals surface area contributed by atoms with Crippen molar-refractivity contribution < 1.29 is 4.74 Å². The molecule has 2 aromatic rings. The molecule has 0 bridgehead atoms. The predicted molar refractivity (Wildman–Crippen MR) is 84.4 cm³/mol. The average molecular weight is 355 g/mol. The Balaban J connectivity index is 2.41. The molecule has 0 aliphatic heterocycles.